The lowest BCUT2D eigenvalue weighted by molar-refractivity contribution is -0.143. The van der Waals surface area contributed by atoms with Crippen LogP contribution in [0, 0.1) is 16.7 Å². The van der Waals surface area contributed by atoms with E-state index >= 15 is 0 Å². The molecule has 0 radical (unpaired) electrons. The summed E-state index contributed by atoms with van der Waals surface area (Å²) in [5.41, 5.74) is 0.0299. The van der Waals surface area contributed by atoms with E-state index in [1.807, 2.05) is 23.0 Å². The van der Waals surface area contributed by atoms with Gasteiger partial charge in [0.15, 0.2) is 0 Å². The van der Waals surface area contributed by atoms with Crippen molar-refractivity contribution in [2.24, 2.45) is 12.5 Å². The number of hydrogen-bond donors (Lipinski definition) is 0. The molecule has 2 saturated heterocycles. The Bertz CT molecular complexity index is 798. The van der Waals surface area contributed by atoms with Crippen LogP contribution in [0.3, 0.4) is 0 Å². The number of carbonyl (C=O) groups is 2. The van der Waals surface area contributed by atoms with E-state index < -0.39 is 5.41 Å². The van der Waals surface area contributed by atoms with Crippen LogP contribution >= 0.6 is 0 Å². The Balaban J connectivity index is 1.38. The lowest BCUT2D eigenvalue weighted by atomic mass is 9.74. The molecule has 0 bridgehead atoms. The van der Waals surface area contributed by atoms with E-state index in [-0.39, 0.29) is 17.9 Å². The Morgan fingerprint density at radius 3 is 2.48 bits per heavy atom. The lowest BCUT2D eigenvalue weighted by Crippen LogP contribution is -2.59. The van der Waals surface area contributed by atoms with Crippen LogP contribution in [0.15, 0.2) is 12.4 Å². The second kappa shape index (κ2) is 8.15. The smallest absolute Gasteiger partial charge is 0.244 e. The van der Waals surface area contributed by atoms with Crippen molar-refractivity contribution >= 4 is 17.5 Å². The monoisotopic (exact) mass is 398 g/mol. The van der Waals surface area contributed by atoms with Gasteiger partial charge >= 0.3 is 0 Å². The van der Waals surface area contributed by atoms with Crippen LogP contribution < -0.4 is 4.90 Å². The van der Waals surface area contributed by atoms with Gasteiger partial charge in [-0.05, 0) is 25.7 Å². The van der Waals surface area contributed by atoms with Crippen molar-refractivity contribution in [3.05, 3.63) is 12.4 Å². The van der Waals surface area contributed by atoms with E-state index in [0.717, 1.165) is 44.3 Å². The van der Waals surface area contributed by atoms with Crippen molar-refractivity contribution in [1.82, 2.24) is 19.6 Å². The zero-order valence-electron chi connectivity index (χ0n) is 17.2. The minimum Gasteiger partial charge on any atom is -0.339 e. The van der Waals surface area contributed by atoms with Crippen molar-refractivity contribution in [3.63, 3.8) is 0 Å². The van der Waals surface area contributed by atoms with Gasteiger partial charge in [-0.1, -0.05) is 19.3 Å². The van der Waals surface area contributed by atoms with Gasteiger partial charge in [0, 0.05) is 46.0 Å². The number of aromatic nitrogens is 2. The zero-order chi connectivity index (χ0) is 20.4. The van der Waals surface area contributed by atoms with E-state index in [1.165, 1.54) is 0 Å². The summed E-state index contributed by atoms with van der Waals surface area (Å²) in [4.78, 5) is 32.1. The van der Waals surface area contributed by atoms with Gasteiger partial charge in [-0.15, -0.1) is 0 Å². The summed E-state index contributed by atoms with van der Waals surface area (Å²) in [6, 6.07) is 2.21. The van der Waals surface area contributed by atoms with E-state index in [2.05, 4.69) is 16.1 Å². The molecule has 8 heteroatoms. The number of amides is 2. The molecule has 1 aromatic heterocycles. The van der Waals surface area contributed by atoms with E-state index in [0.29, 0.717) is 39.0 Å². The summed E-state index contributed by atoms with van der Waals surface area (Å²) in [5, 5.41) is 13.9. The van der Waals surface area contributed by atoms with Crippen molar-refractivity contribution in [1.29, 1.82) is 5.26 Å². The van der Waals surface area contributed by atoms with Gasteiger partial charge < -0.3 is 9.80 Å². The second-order valence-corrected chi connectivity index (χ2v) is 8.60. The maximum atomic E-state index is 13.1. The van der Waals surface area contributed by atoms with Gasteiger partial charge in [0.25, 0.3) is 0 Å². The molecular weight excluding hydrogens is 368 g/mol. The fourth-order valence-corrected chi connectivity index (χ4v) is 5.07. The van der Waals surface area contributed by atoms with E-state index in [9.17, 15) is 14.9 Å². The third-order valence-electron chi connectivity index (χ3n) is 6.79. The summed E-state index contributed by atoms with van der Waals surface area (Å²) < 4.78 is 1.72. The number of piperidine rings is 1. The minimum atomic E-state index is -0.821. The largest absolute Gasteiger partial charge is 0.339 e. The first-order chi connectivity index (χ1) is 14.0. The molecule has 0 unspecified atom stereocenters. The van der Waals surface area contributed by atoms with E-state index in [4.69, 9.17) is 0 Å². The summed E-state index contributed by atoms with van der Waals surface area (Å²) in [7, 11) is 1.85. The van der Waals surface area contributed by atoms with Crippen LogP contribution in [0.1, 0.15) is 44.9 Å². The van der Waals surface area contributed by atoms with E-state index in [1.54, 1.807) is 10.9 Å². The second-order valence-electron chi connectivity index (χ2n) is 8.60. The predicted molar refractivity (Wildman–Crippen MR) is 108 cm³/mol. The third-order valence-corrected chi connectivity index (χ3v) is 6.79. The van der Waals surface area contributed by atoms with Crippen LogP contribution in [0.25, 0.3) is 0 Å². The molecule has 3 heterocycles. The average Bonchev–Trinajstić information content (AvgIpc) is 3.20. The van der Waals surface area contributed by atoms with Crippen molar-refractivity contribution in [2.45, 2.75) is 51.0 Å². The summed E-state index contributed by atoms with van der Waals surface area (Å²) in [6.45, 7) is 3.29. The molecule has 0 aromatic carbocycles. The van der Waals surface area contributed by atoms with Gasteiger partial charge in [-0.2, -0.15) is 10.4 Å². The number of hydrogen-bond acceptors (Lipinski definition) is 5. The molecule has 2 amide bonds. The van der Waals surface area contributed by atoms with Gasteiger partial charge in [0.05, 0.1) is 24.0 Å². The van der Waals surface area contributed by atoms with Gasteiger partial charge in [-0.3, -0.25) is 19.2 Å². The van der Waals surface area contributed by atoms with Gasteiger partial charge in [0.2, 0.25) is 11.8 Å². The highest BCUT2D eigenvalue weighted by molar-refractivity contribution is 5.97. The number of rotatable bonds is 3. The molecule has 8 nitrogen and oxygen atoms in total. The van der Waals surface area contributed by atoms with Crippen molar-refractivity contribution in [3.8, 4) is 6.07 Å². The number of piperazine rings is 1. The van der Waals surface area contributed by atoms with Crippen LogP contribution in [-0.2, 0) is 16.6 Å². The highest BCUT2D eigenvalue weighted by atomic mass is 16.2. The van der Waals surface area contributed by atoms with Crippen LogP contribution in [0.2, 0.25) is 0 Å². The Kier molecular flexibility index (Phi) is 5.59. The molecule has 1 aromatic rings. The van der Waals surface area contributed by atoms with Gasteiger partial charge in [0.1, 0.15) is 5.41 Å². The van der Waals surface area contributed by atoms with Gasteiger partial charge in [-0.25, -0.2) is 0 Å². The molecule has 156 valence electrons. The fraction of sp³-hybridized carbons (Fsp3) is 0.714. The highest BCUT2D eigenvalue weighted by Crippen LogP contribution is 2.37. The fourth-order valence-electron chi connectivity index (χ4n) is 5.07. The molecule has 29 heavy (non-hydrogen) atoms. The van der Waals surface area contributed by atoms with Crippen LogP contribution in [0.4, 0.5) is 5.69 Å². The Morgan fingerprint density at radius 1 is 1.14 bits per heavy atom. The van der Waals surface area contributed by atoms with Crippen LogP contribution in [-0.4, -0.2) is 70.2 Å². The first-order valence-electron chi connectivity index (χ1n) is 10.8. The minimum absolute atomic E-state index is 0.00584. The molecule has 0 spiro atoms. The molecule has 1 aliphatic carbocycles. The molecule has 1 saturated carbocycles. The topological polar surface area (TPSA) is 85.5 Å². The number of nitrogens with zero attached hydrogens (tertiary/aromatic N) is 6. The molecule has 4 rings (SSSR count). The maximum Gasteiger partial charge on any atom is 0.244 e. The number of carbonyl (C=O) groups excluding carboxylic acids is 2. The molecule has 1 atom stereocenters. The molecule has 2 aliphatic heterocycles. The molecule has 3 aliphatic rings. The molecule has 0 N–H and O–H groups in total. The first kappa shape index (κ1) is 19.9. The quantitative estimate of drug-likeness (QED) is 0.771. The lowest BCUT2D eigenvalue weighted by Gasteiger charge is -2.44. The summed E-state index contributed by atoms with van der Waals surface area (Å²) >= 11 is 0. The molecular formula is C21H30N6O2. The van der Waals surface area contributed by atoms with Crippen LogP contribution in [0.5, 0.6) is 0 Å². The van der Waals surface area contributed by atoms with Crippen molar-refractivity contribution in [2.75, 3.05) is 37.6 Å². The summed E-state index contributed by atoms with van der Waals surface area (Å²) in [5.74, 6) is 0.135. The number of anilines is 1. The Morgan fingerprint density at radius 2 is 1.86 bits per heavy atom. The SMILES string of the molecule is Cn1cc(N2CCC[C@@H](N3CCN(C(=O)C4(C#N)CCCCC4)CC3)C2=O)cn1. The first-order valence-corrected chi connectivity index (χ1v) is 10.8. The summed E-state index contributed by atoms with van der Waals surface area (Å²) in [6.07, 6.45) is 9.83. The Labute approximate surface area is 172 Å². The normalized spacial score (nSPS) is 25.7. The number of nitriles is 1. The molecule has 3 fully saturated rings. The standard InChI is InChI=1S/C21H30N6O2/c1-24-15-17(14-23-24)27-9-5-6-18(19(27)28)25-10-12-26(13-11-25)20(29)21(16-22)7-3-2-4-8-21/h14-15,18H,2-13H2,1H3/t18-/m1/s1. The highest BCUT2D eigenvalue weighted by Gasteiger charge is 2.44. The predicted octanol–water partition coefficient (Wildman–Crippen LogP) is 1.53. The zero-order valence-corrected chi connectivity index (χ0v) is 17.2. The van der Waals surface area contributed by atoms with Crippen molar-refractivity contribution < 1.29 is 9.59 Å². The maximum absolute atomic E-state index is 13.1. The average molecular weight is 399 g/mol. The third kappa shape index (κ3) is 3.76. The number of aryl methyl sites for hydroxylation is 1. The Hall–Kier alpha value is -2.40.